The number of esters is 2. The van der Waals surface area contributed by atoms with E-state index in [1.54, 1.807) is 13.8 Å². The van der Waals surface area contributed by atoms with Gasteiger partial charge in [-0.15, -0.1) is 0 Å². The molecule has 0 saturated carbocycles. The van der Waals surface area contributed by atoms with Crippen molar-refractivity contribution in [2.45, 2.75) is 67.2 Å². The smallest absolute Gasteiger partial charge is 0.354 e. The van der Waals surface area contributed by atoms with Gasteiger partial charge in [0.1, 0.15) is 17.3 Å². The van der Waals surface area contributed by atoms with E-state index in [4.69, 9.17) is 15.2 Å². The maximum atomic E-state index is 12.2. The van der Waals surface area contributed by atoms with Gasteiger partial charge in [0.2, 0.25) is 0 Å². The molecule has 0 saturated heterocycles. The molecule has 0 fully saturated rings. The largest absolute Gasteiger partial charge is 0.462 e. The zero-order valence-electron chi connectivity index (χ0n) is 22.0. The number of nitrogens with one attached hydrogen (secondary N) is 2. The summed E-state index contributed by atoms with van der Waals surface area (Å²) in [5.74, 6) is -1.05. The van der Waals surface area contributed by atoms with Crippen LogP contribution in [0.1, 0.15) is 67.2 Å². The maximum absolute atomic E-state index is 12.2. The van der Waals surface area contributed by atoms with Gasteiger partial charge in [0.15, 0.2) is 0 Å². The summed E-state index contributed by atoms with van der Waals surface area (Å²) in [4.78, 5) is 24.3. The molecule has 0 aromatic heterocycles. The zero-order chi connectivity index (χ0) is 26.2. The van der Waals surface area contributed by atoms with Crippen molar-refractivity contribution in [3.05, 3.63) is 46.0 Å². The third kappa shape index (κ3) is 8.20. The second-order valence-corrected chi connectivity index (χ2v) is 10.6. The third-order valence-electron chi connectivity index (χ3n) is 5.96. The first-order valence-electron chi connectivity index (χ1n) is 12.3. The van der Waals surface area contributed by atoms with Gasteiger partial charge in [0, 0.05) is 24.5 Å². The van der Waals surface area contributed by atoms with E-state index >= 15 is 0 Å². The Labute approximate surface area is 209 Å². The molecule has 0 amide bonds. The highest BCUT2D eigenvalue weighted by molar-refractivity contribution is 5.94. The Morgan fingerprint density at radius 3 is 1.83 bits per heavy atom. The summed E-state index contributed by atoms with van der Waals surface area (Å²) in [5.41, 5.74) is 9.71. The van der Waals surface area contributed by atoms with Gasteiger partial charge in [-0.1, -0.05) is 27.7 Å². The average Bonchev–Trinajstić information content (AvgIpc) is 2.75. The predicted molar refractivity (Wildman–Crippen MR) is 135 cm³/mol. The van der Waals surface area contributed by atoms with Crippen LogP contribution in [0.2, 0.25) is 0 Å². The van der Waals surface area contributed by atoms with Crippen LogP contribution in [0.5, 0.6) is 0 Å². The van der Waals surface area contributed by atoms with Crippen molar-refractivity contribution in [1.82, 2.24) is 10.6 Å². The Balaban J connectivity index is 2.10. The number of nitrogens with two attached hydrogens (primary N) is 1. The Kier molecular flexibility index (Phi) is 9.58. The van der Waals surface area contributed by atoms with Crippen LogP contribution >= 0.6 is 0 Å². The first-order valence-corrected chi connectivity index (χ1v) is 12.3. The number of allylic oxidation sites excluding steroid dienone is 6. The first-order chi connectivity index (χ1) is 16.4. The lowest BCUT2D eigenvalue weighted by atomic mass is 9.76. The monoisotopic (exact) mass is 484 g/mol. The Bertz CT molecular complexity index is 993. The highest BCUT2D eigenvalue weighted by Crippen LogP contribution is 2.39. The van der Waals surface area contributed by atoms with Crippen LogP contribution in [0, 0.1) is 22.2 Å². The van der Waals surface area contributed by atoms with Crippen LogP contribution in [0.25, 0.3) is 0 Å². The number of carbonyl (C=O) groups is 2. The van der Waals surface area contributed by atoms with Crippen molar-refractivity contribution in [3.8, 4) is 6.07 Å². The molecule has 0 aliphatic heterocycles. The molecule has 0 spiro atoms. The van der Waals surface area contributed by atoms with Crippen LogP contribution in [-0.2, 0) is 19.1 Å². The molecule has 35 heavy (non-hydrogen) atoms. The Morgan fingerprint density at radius 2 is 1.34 bits per heavy atom. The Hall–Kier alpha value is -3.21. The lowest BCUT2D eigenvalue weighted by molar-refractivity contribution is -0.139. The molecular formula is C27H40N4O4. The molecule has 0 heterocycles. The maximum Gasteiger partial charge on any atom is 0.354 e. The average molecular weight is 485 g/mol. The van der Waals surface area contributed by atoms with Gasteiger partial charge in [-0.25, -0.2) is 9.59 Å². The molecule has 8 nitrogen and oxygen atoms in total. The van der Waals surface area contributed by atoms with Gasteiger partial charge < -0.3 is 25.8 Å². The topological polar surface area (TPSA) is 126 Å². The van der Waals surface area contributed by atoms with Crippen LogP contribution in [0.3, 0.4) is 0 Å². The van der Waals surface area contributed by atoms with Crippen molar-refractivity contribution >= 4 is 11.9 Å². The van der Waals surface area contributed by atoms with Gasteiger partial charge >= 0.3 is 11.9 Å². The van der Waals surface area contributed by atoms with E-state index in [1.165, 1.54) is 0 Å². The lowest BCUT2D eigenvalue weighted by Gasteiger charge is -2.33. The van der Waals surface area contributed by atoms with E-state index in [0.717, 1.165) is 29.8 Å². The summed E-state index contributed by atoms with van der Waals surface area (Å²) >= 11 is 0. The van der Waals surface area contributed by atoms with Crippen molar-refractivity contribution in [2.75, 3.05) is 26.3 Å². The fourth-order valence-electron chi connectivity index (χ4n) is 4.61. The van der Waals surface area contributed by atoms with Crippen molar-refractivity contribution in [1.29, 1.82) is 5.26 Å². The van der Waals surface area contributed by atoms with E-state index in [-0.39, 0.29) is 35.3 Å². The molecule has 2 rings (SSSR count). The number of ether oxygens (including phenoxy) is 2. The molecular weight excluding hydrogens is 444 g/mol. The van der Waals surface area contributed by atoms with E-state index in [9.17, 15) is 14.9 Å². The highest BCUT2D eigenvalue weighted by atomic mass is 16.5. The number of hydrogen-bond donors (Lipinski definition) is 3. The number of nitrogens with zero attached hydrogens (tertiary/aromatic N) is 1. The van der Waals surface area contributed by atoms with Crippen molar-refractivity contribution in [2.24, 2.45) is 16.6 Å². The van der Waals surface area contributed by atoms with E-state index < -0.39 is 11.9 Å². The van der Waals surface area contributed by atoms with Crippen LogP contribution in [-0.4, -0.2) is 38.2 Å². The zero-order valence-corrected chi connectivity index (χ0v) is 22.0. The van der Waals surface area contributed by atoms with Crippen molar-refractivity contribution < 1.29 is 19.1 Å². The summed E-state index contributed by atoms with van der Waals surface area (Å²) in [5, 5.41) is 16.5. The number of rotatable bonds is 9. The minimum absolute atomic E-state index is 0.0344. The van der Waals surface area contributed by atoms with Gasteiger partial charge in [0.25, 0.3) is 0 Å². The second kappa shape index (κ2) is 12.0. The molecule has 8 heteroatoms. The summed E-state index contributed by atoms with van der Waals surface area (Å²) in [6.45, 7) is 13.9. The summed E-state index contributed by atoms with van der Waals surface area (Å²) < 4.78 is 10.1. The van der Waals surface area contributed by atoms with Gasteiger partial charge in [-0.05, 0) is 73.7 Å². The summed E-state index contributed by atoms with van der Waals surface area (Å²) in [6.07, 6.45) is 6.87. The van der Waals surface area contributed by atoms with Gasteiger partial charge in [-0.2, -0.15) is 5.26 Å². The molecule has 0 atom stereocenters. The molecule has 192 valence electrons. The molecule has 0 bridgehead atoms. The summed E-state index contributed by atoms with van der Waals surface area (Å²) in [7, 11) is 0. The second-order valence-electron chi connectivity index (χ2n) is 10.6. The normalized spacial score (nSPS) is 21.5. The number of nitriles is 1. The van der Waals surface area contributed by atoms with E-state index in [2.05, 4.69) is 38.3 Å². The first kappa shape index (κ1) is 28.0. The number of hydrogen-bond acceptors (Lipinski definition) is 8. The minimum atomic E-state index is -0.572. The molecule has 4 N–H and O–H groups in total. The fraction of sp³-hybridized carbons (Fsp3) is 0.593. The molecule has 0 radical (unpaired) electrons. The van der Waals surface area contributed by atoms with Crippen LogP contribution in [0.15, 0.2) is 46.0 Å². The molecule has 0 aromatic rings. The fourth-order valence-corrected chi connectivity index (χ4v) is 4.61. The van der Waals surface area contributed by atoms with Crippen LogP contribution in [0.4, 0.5) is 0 Å². The van der Waals surface area contributed by atoms with Crippen LogP contribution < -0.4 is 16.4 Å². The quantitative estimate of drug-likeness (QED) is 0.196. The van der Waals surface area contributed by atoms with Gasteiger partial charge in [0.05, 0.1) is 13.2 Å². The third-order valence-corrected chi connectivity index (χ3v) is 5.96. The SMILES string of the molecule is CCOC(=O)/C(N)=C1\C=C(NCCNC2=C/C(=C(\C#N)C(=O)OCC)CC(C)(C)C2)CC(C)(C)C1. The molecule has 2 aliphatic rings. The van der Waals surface area contributed by atoms with E-state index in [1.807, 2.05) is 18.2 Å². The standard InChI is InChI=1S/C27H40N4O4/c1-7-34-24(32)22(17-28)18-11-20(15-26(3,4)13-18)30-9-10-31-21-12-19(14-27(5,6)16-21)23(29)25(33)35-8-2/h11-12,30-31H,7-10,13-16,29H2,1-6H3/b22-18-,23-19-. The number of carbonyl (C=O) groups excluding carboxylic acids is 2. The highest BCUT2D eigenvalue weighted by Gasteiger charge is 2.30. The Morgan fingerprint density at radius 1 is 0.886 bits per heavy atom. The minimum Gasteiger partial charge on any atom is -0.462 e. The van der Waals surface area contributed by atoms with Gasteiger partial charge in [-0.3, -0.25) is 0 Å². The summed E-state index contributed by atoms with van der Waals surface area (Å²) in [6, 6.07) is 2.03. The lowest BCUT2D eigenvalue weighted by Crippen LogP contribution is -2.33. The predicted octanol–water partition coefficient (Wildman–Crippen LogP) is 3.73. The van der Waals surface area contributed by atoms with Crippen molar-refractivity contribution in [3.63, 3.8) is 0 Å². The molecule has 2 aliphatic carbocycles. The molecule has 0 unspecified atom stereocenters. The van der Waals surface area contributed by atoms with E-state index in [0.29, 0.717) is 31.5 Å². The molecule has 0 aromatic carbocycles.